The van der Waals surface area contributed by atoms with Gasteiger partial charge in [0.1, 0.15) is 11.5 Å². The number of aromatic amines is 1. The molecule has 4 rings (SSSR count). The normalized spacial score (nSPS) is 15.3. The van der Waals surface area contributed by atoms with Gasteiger partial charge < -0.3 is 9.42 Å². The average molecular weight is 352 g/mol. The third kappa shape index (κ3) is 3.22. The third-order valence-corrected chi connectivity index (χ3v) is 4.68. The van der Waals surface area contributed by atoms with Gasteiger partial charge in [-0.05, 0) is 25.0 Å². The van der Waals surface area contributed by atoms with Crippen LogP contribution in [0.4, 0.5) is 0 Å². The maximum atomic E-state index is 12.7. The van der Waals surface area contributed by atoms with E-state index in [4.69, 9.17) is 4.52 Å². The highest BCUT2D eigenvalue weighted by Gasteiger charge is 2.28. The largest absolute Gasteiger partial charge is 0.350 e. The molecule has 0 atom stereocenters. The van der Waals surface area contributed by atoms with Gasteiger partial charge in [0, 0.05) is 37.7 Å². The van der Waals surface area contributed by atoms with Crippen molar-refractivity contribution in [1.82, 2.24) is 30.2 Å². The molecule has 3 aromatic rings. The van der Waals surface area contributed by atoms with E-state index in [9.17, 15) is 4.79 Å². The van der Waals surface area contributed by atoms with E-state index in [-0.39, 0.29) is 17.6 Å². The van der Waals surface area contributed by atoms with Crippen LogP contribution in [-0.4, -0.2) is 49.2 Å². The van der Waals surface area contributed by atoms with Crippen molar-refractivity contribution < 1.29 is 9.32 Å². The lowest BCUT2D eigenvalue weighted by molar-refractivity contribution is 0.0669. The number of amides is 1. The van der Waals surface area contributed by atoms with Gasteiger partial charge in [-0.3, -0.25) is 14.9 Å². The van der Waals surface area contributed by atoms with Crippen LogP contribution in [-0.2, 0) is 6.42 Å². The van der Waals surface area contributed by atoms with Gasteiger partial charge in [-0.25, -0.2) is 4.98 Å². The summed E-state index contributed by atoms with van der Waals surface area (Å²) in [6.45, 7) is 3.35. The van der Waals surface area contributed by atoms with E-state index < -0.39 is 0 Å². The predicted octanol–water partition coefficient (Wildman–Crippen LogP) is 2.44. The number of nitrogens with one attached hydrogen (secondary N) is 1. The topological polar surface area (TPSA) is 101 Å². The average Bonchev–Trinajstić information content (AvgIpc) is 3.38. The summed E-state index contributed by atoms with van der Waals surface area (Å²) >= 11 is 0. The van der Waals surface area contributed by atoms with Crippen molar-refractivity contribution in [2.75, 3.05) is 13.1 Å². The van der Waals surface area contributed by atoms with E-state index in [1.165, 1.54) is 0 Å². The molecule has 0 saturated carbocycles. The van der Waals surface area contributed by atoms with Crippen LogP contribution in [0.3, 0.4) is 0 Å². The number of H-pyrrole nitrogens is 1. The van der Waals surface area contributed by atoms with E-state index in [0.717, 1.165) is 30.9 Å². The van der Waals surface area contributed by atoms with Crippen LogP contribution in [0.15, 0.2) is 35.0 Å². The van der Waals surface area contributed by atoms with Gasteiger partial charge >= 0.3 is 0 Å². The van der Waals surface area contributed by atoms with E-state index >= 15 is 0 Å². The van der Waals surface area contributed by atoms with E-state index in [1.54, 1.807) is 17.2 Å². The number of carbonyl (C=O) groups excluding carboxylic acids is 1. The molecule has 1 amide bonds. The molecule has 1 saturated heterocycles. The number of hydrogen-bond acceptors (Lipinski definition) is 6. The first-order valence-corrected chi connectivity index (χ1v) is 8.83. The second-order valence-electron chi connectivity index (χ2n) is 6.35. The molecule has 1 N–H and O–H groups in total. The highest BCUT2D eigenvalue weighted by Crippen LogP contribution is 2.27. The van der Waals surface area contributed by atoms with Crippen molar-refractivity contribution in [2.24, 2.45) is 0 Å². The molecular formula is C18H20N6O2. The van der Waals surface area contributed by atoms with Crippen LogP contribution in [0.25, 0.3) is 11.4 Å². The number of hydrogen-bond donors (Lipinski definition) is 1. The van der Waals surface area contributed by atoms with Gasteiger partial charge in [-0.15, -0.1) is 0 Å². The summed E-state index contributed by atoms with van der Waals surface area (Å²) < 4.78 is 5.25. The fourth-order valence-electron chi connectivity index (χ4n) is 3.16. The van der Waals surface area contributed by atoms with Crippen LogP contribution in [0.1, 0.15) is 47.9 Å². The summed E-state index contributed by atoms with van der Waals surface area (Å²) in [6, 6.07) is 7.19. The standard InChI is InChI=1S/C18H20N6O2/c1-2-16-20-17(22-21-16)12-6-9-24(10-7-12)18(25)15-11-14(23-26-15)13-5-3-4-8-19-13/h3-5,8,11-12H,2,6-7,9-10H2,1H3,(H,20,21,22). The summed E-state index contributed by atoms with van der Waals surface area (Å²) in [6.07, 6.45) is 4.21. The summed E-state index contributed by atoms with van der Waals surface area (Å²) in [5.41, 5.74) is 1.25. The van der Waals surface area contributed by atoms with E-state index in [2.05, 4.69) is 25.3 Å². The Bertz CT molecular complexity index is 880. The molecule has 0 bridgehead atoms. The van der Waals surface area contributed by atoms with Gasteiger partial charge in [0.05, 0.1) is 5.69 Å². The molecule has 1 aliphatic rings. The Kier molecular flexibility index (Phi) is 4.47. The van der Waals surface area contributed by atoms with Gasteiger partial charge in [-0.2, -0.15) is 5.10 Å². The Morgan fingerprint density at radius 1 is 1.31 bits per heavy atom. The zero-order valence-electron chi connectivity index (χ0n) is 14.6. The molecule has 1 fully saturated rings. The van der Waals surface area contributed by atoms with Crippen LogP contribution in [0.5, 0.6) is 0 Å². The minimum atomic E-state index is -0.137. The van der Waals surface area contributed by atoms with Crippen molar-refractivity contribution in [2.45, 2.75) is 32.1 Å². The fourth-order valence-corrected chi connectivity index (χ4v) is 3.16. The monoisotopic (exact) mass is 352 g/mol. The SMILES string of the molecule is CCc1nc(C2CCN(C(=O)c3cc(-c4ccccn4)no3)CC2)n[nH]1. The first-order valence-electron chi connectivity index (χ1n) is 8.83. The molecular weight excluding hydrogens is 332 g/mol. The van der Waals surface area contributed by atoms with Crippen LogP contribution < -0.4 is 0 Å². The molecule has 0 spiro atoms. The van der Waals surface area contributed by atoms with E-state index in [1.807, 2.05) is 25.1 Å². The van der Waals surface area contributed by atoms with Crippen molar-refractivity contribution in [3.8, 4) is 11.4 Å². The zero-order chi connectivity index (χ0) is 17.9. The highest BCUT2D eigenvalue weighted by molar-refractivity contribution is 5.92. The van der Waals surface area contributed by atoms with Crippen molar-refractivity contribution in [3.05, 3.63) is 47.9 Å². The maximum absolute atomic E-state index is 12.7. The number of rotatable bonds is 4. The molecule has 0 radical (unpaired) electrons. The molecule has 0 aliphatic carbocycles. The number of aromatic nitrogens is 5. The van der Waals surface area contributed by atoms with Gasteiger partial charge in [0.15, 0.2) is 5.82 Å². The Hall–Kier alpha value is -3.03. The molecule has 134 valence electrons. The molecule has 1 aliphatic heterocycles. The summed E-state index contributed by atoms with van der Waals surface area (Å²) in [5.74, 6) is 2.15. The summed E-state index contributed by atoms with van der Waals surface area (Å²) in [4.78, 5) is 23.2. The van der Waals surface area contributed by atoms with Gasteiger partial charge in [-0.1, -0.05) is 18.1 Å². The number of aryl methyl sites for hydroxylation is 1. The van der Waals surface area contributed by atoms with Gasteiger partial charge in [0.25, 0.3) is 5.91 Å². The minimum Gasteiger partial charge on any atom is -0.350 e. The lowest BCUT2D eigenvalue weighted by Crippen LogP contribution is -2.38. The van der Waals surface area contributed by atoms with Crippen molar-refractivity contribution in [3.63, 3.8) is 0 Å². The molecule has 0 aromatic carbocycles. The second kappa shape index (κ2) is 7.07. The van der Waals surface area contributed by atoms with Gasteiger partial charge in [0.2, 0.25) is 5.76 Å². The van der Waals surface area contributed by atoms with Crippen LogP contribution >= 0.6 is 0 Å². The lowest BCUT2D eigenvalue weighted by Gasteiger charge is -2.29. The van der Waals surface area contributed by atoms with Crippen molar-refractivity contribution in [1.29, 1.82) is 0 Å². The smallest absolute Gasteiger partial charge is 0.292 e. The number of likely N-dealkylation sites (tertiary alicyclic amines) is 1. The maximum Gasteiger partial charge on any atom is 0.292 e. The number of pyridine rings is 1. The van der Waals surface area contributed by atoms with E-state index in [0.29, 0.717) is 24.5 Å². The molecule has 8 nitrogen and oxygen atoms in total. The Labute approximate surface area is 150 Å². The molecule has 0 unspecified atom stereocenters. The lowest BCUT2D eigenvalue weighted by atomic mass is 9.96. The van der Waals surface area contributed by atoms with Crippen molar-refractivity contribution >= 4 is 5.91 Å². The first-order chi connectivity index (χ1) is 12.7. The zero-order valence-corrected chi connectivity index (χ0v) is 14.6. The highest BCUT2D eigenvalue weighted by atomic mass is 16.5. The quantitative estimate of drug-likeness (QED) is 0.774. The number of nitrogens with zero attached hydrogens (tertiary/aromatic N) is 5. The molecule has 8 heteroatoms. The molecule has 4 heterocycles. The molecule has 3 aromatic heterocycles. The Morgan fingerprint density at radius 3 is 2.85 bits per heavy atom. The minimum absolute atomic E-state index is 0.137. The first kappa shape index (κ1) is 16.4. The summed E-state index contributed by atoms with van der Waals surface area (Å²) in [5, 5.41) is 11.2. The second-order valence-corrected chi connectivity index (χ2v) is 6.35. The Balaban J connectivity index is 1.40. The summed E-state index contributed by atoms with van der Waals surface area (Å²) in [7, 11) is 0. The number of piperidine rings is 1. The van der Waals surface area contributed by atoms with Crippen LogP contribution in [0, 0.1) is 0 Å². The number of carbonyl (C=O) groups is 1. The Morgan fingerprint density at radius 2 is 2.15 bits per heavy atom. The van der Waals surface area contributed by atoms with Crippen LogP contribution in [0.2, 0.25) is 0 Å². The molecule has 26 heavy (non-hydrogen) atoms. The fraction of sp³-hybridized carbons (Fsp3) is 0.389. The third-order valence-electron chi connectivity index (χ3n) is 4.68. The predicted molar refractivity (Wildman–Crippen MR) is 93.4 cm³/mol.